The molecule has 3 heteroatoms. The summed E-state index contributed by atoms with van der Waals surface area (Å²) in [6, 6.07) is -2.66. The molecule has 9 aromatic rings. The maximum Gasteiger partial charge on any atom is 0.135 e. The van der Waals surface area contributed by atoms with Gasteiger partial charge in [0.25, 0.3) is 0 Å². The summed E-state index contributed by atoms with van der Waals surface area (Å²) in [6.45, 7) is 0. The lowest BCUT2D eigenvalue weighted by Crippen LogP contribution is -1.91. The van der Waals surface area contributed by atoms with Crippen LogP contribution in [0.4, 0.5) is 0 Å². The summed E-state index contributed by atoms with van der Waals surface area (Å²) < 4.78 is 179. The second-order valence-corrected chi connectivity index (χ2v) is 9.85. The minimum Gasteiger partial charge on any atom is -0.456 e. The molecule has 0 atom stereocenters. The number of hydrogen-bond acceptors (Lipinski definition) is 3. The predicted octanol–water partition coefficient (Wildman–Crippen LogP) is 11.4. The van der Waals surface area contributed by atoms with Gasteiger partial charge in [0.05, 0.1) is 44.1 Å². The lowest BCUT2D eigenvalue weighted by Gasteiger charge is -2.13. The number of pyridine rings is 2. The summed E-state index contributed by atoms with van der Waals surface area (Å²) in [5.41, 5.74) is -1.22. The quantitative estimate of drug-likeness (QED) is 0.190. The summed E-state index contributed by atoms with van der Waals surface area (Å²) in [6.07, 6.45) is -0.588. The van der Waals surface area contributed by atoms with Gasteiger partial charge in [-0.25, -0.2) is 4.98 Å². The van der Waals surface area contributed by atoms with Crippen LogP contribution in [0.5, 0.6) is 0 Å². The minimum atomic E-state index is -0.757. The molecule has 45 heavy (non-hydrogen) atoms. The smallest absolute Gasteiger partial charge is 0.135 e. The molecule has 0 N–H and O–H groups in total. The number of fused-ring (bicyclic) bond motifs is 5. The summed E-state index contributed by atoms with van der Waals surface area (Å²) >= 11 is 0. The molecule has 210 valence electrons. The first-order valence-corrected chi connectivity index (χ1v) is 13.5. The summed E-state index contributed by atoms with van der Waals surface area (Å²) in [7, 11) is 0. The van der Waals surface area contributed by atoms with Gasteiger partial charge >= 0.3 is 0 Å². The van der Waals surface area contributed by atoms with E-state index in [1.165, 1.54) is 12.1 Å². The van der Waals surface area contributed by atoms with Gasteiger partial charge < -0.3 is 4.42 Å². The summed E-state index contributed by atoms with van der Waals surface area (Å²) in [5.74, 6) is -1.26. The molecule has 3 heterocycles. The van der Waals surface area contributed by atoms with Crippen LogP contribution in [-0.4, -0.2) is 9.97 Å². The highest BCUT2D eigenvalue weighted by Crippen LogP contribution is 2.38. The van der Waals surface area contributed by atoms with Crippen molar-refractivity contribution in [3.63, 3.8) is 0 Å². The molecule has 0 aliphatic rings. The van der Waals surface area contributed by atoms with Crippen molar-refractivity contribution >= 4 is 43.4 Å². The van der Waals surface area contributed by atoms with Crippen LogP contribution in [0, 0.1) is 0 Å². The first-order chi connectivity index (χ1) is 30.6. The molecule has 0 amide bonds. The topological polar surface area (TPSA) is 38.9 Å². The van der Waals surface area contributed by atoms with Gasteiger partial charge in [-0.3, -0.25) is 4.98 Å². The van der Waals surface area contributed by atoms with Crippen molar-refractivity contribution in [3.05, 3.63) is 157 Å². The predicted molar refractivity (Wildman–Crippen MR) is 186 cm³/mol. The Bertz CT molecular complexity index is 3640. The fourth-order valence-electron chi connectivity index (χ4n) is 5.20. The van der Waals surface area contributed by atoms with Gasteiger partial charge in [-0.05, 0) is 56.8 Å². The minimum absolute atomic E-state index is 0.0923. The fourth-order valence-corrected chi connectivity index (χ4v) is 5.20. The Morgan fingerprint density at radius 2 is 1.16 bits per heavy atom. The van der Waals surface area contributed by atoms with E-state index in [-0.39, 0.29) is 44.2 Å². The first-order valence-electron chi connectivity index (χ1n) is 23.5. The zero-order valence-electron chi connectivity index (χ0n) is 42.8. The number of aromatic nitrogens is 2. The van der Waals surface area contributed by atoms with Gasteiger partial charge in [0.1, 0.15) is 11.5 Å². The fraction of sp³-hybridized carbons (Fsp3) is 0. The molecule has 0 spiro atoms. The third-order valence-electron chi connectivity index (χ3n) is 7.28. The van der Waals surface area contributed by atoms with Crippen molar-refractivity contribution in [2.45, 2.75) is 0 Å². The van der Waals surface area contributed by atoms with Crippen molar-refractivity contribution in [2.24, 2.45) is 0 Å². The molecule has 0 fully saturated rings. The highest BCUT2D eigenvalue weighted by Gasteiger charge is 2.14. The number of nitrogens with zero attached hydrogens (tertiary/aromatic N) is 2. The van der Waals surface area contributed by atoms with Crippen LogP contribution in [0.2, 0.25) is 0 Å². The van der Waals surface area contributed by atoms with Crippen LogP contribution in [0.3, 0.4) is 0 Å². The molecule has 3 nitrogen and oxygen atoms in total. The van der Waals surface area contributed by atoms with E-state index in [1.807, 2.05) is 0 Å². The Kier molecular flexibility index (Phi) is 2.86. The maximum atomic E-state index is 9.20. The van der Waals surface area contributed by atoms with Gasteiger partial charge in [0, 0.05) is 33.6 Å². The van der Waals surface area contributed by atoms with Gasteiger partial charge in [-0.2, -0.15) is 0 Å². The molecule has 3 aromatic heterocycles. The SMILES string of the molecule is [2H]c1nc2c(c([2H])c1[2H])c([2H])c([2H])c1c([2H])c([2H])c(-c3ccc(-c4c([2H])c([2H])c(-c5oc(-c6c([2H])c([2H])c([2H])c7c([2H])c([2H])c([2H])c([2H])c67)c([2H])c5[2H])c([2H])c4[2H])c4ccccc34)nc12. The Morgan fingerprint density at radius 1 is 0.467 bits per heavy atom. The summed E-state index contributed by atoms with van der Waals surface area (Å²) in [5, 5.41) is -0.567. The van der Waals surface area contributed by atoms with E-state index < -0.39 is 154 Å². The van der Waals surface area contributed by atoms with Crippen molar-refractivity contribution in [1.82, 2.24) is 9.97 Å². The molecule has 0 aliphatic heterocycles. The standard InChI is InChI=1S/C42H26N2O/c1-2-10-32-27(7-1)8-5-13-37(32)40-25-24-39(45-40)29-16-14-28(15-17-29)33-21-22-36(35-12-4-3-11-34(33)35)38-23-20-31-19-18-30-9-6-26-43-41(30)42(31)44-38/h1-26H/i1D,2D,5D,6D,7D,8D,9D,10D,13D,14D,15D,16D,17D,18D,19D,20D,23D,24D,25D,26D. The second kappa shape index (κ2) is 10.3. The van der Waals surface area contributed by atoms with E-state index in [2.05, 4.69) is 9.97 Å². The zero-order valence-corrected chi connectivity index (χ0v) is 22.8. The van der Waals surface area contributed by atoms with Crippen molar-refractivity contribution in [1.29, 1.82) is 0 Å². The van der Waals surface area contributed by atoms with Gasteiger partial charge in [0.15, 0.2) is 0 Å². The van der Waals surface area contributed by atoms with Crippen molar-refractivity contribution in [3.8, 4) is 45.0 Å². The molecule has 9 rings (SSSR count). The average molecular weight is 595 g/mol. The second-order valence-electron chi connectivity index (χ2n) is 9.85. The van der Waals surface area contributed by atoms with E-state index in [0.717, 1.165) is 0 Å². The molecule has 0 saturated heterocycles. The molecular weight excluding hydrogens is 548 g/mol. The molecule has 0 bridgehead atoms. The average Bonchev–Trinajstić information content (AvgIpc) is 3.56. The molecule has 0 saturated carbocycles. The molecular formula is C42H26N2O. The van der Waals surface area contributed by atoms with Crippen molar-refractivity contribution in [2.75, 3.05) is 0 Å². The molecule has 0 unspecified atom stereocenters. The number of benzene rings is 6. The van der Waals surface area contributed by atoms with E-state index >= 15 is 0 Å². The van der Waals surface area contributed by atoms with Crippen LogP contribution < -0.4 is 0 Å². The number of rotatable bonds is 4. The Labute approximate surface area is 288 Å². The largest absolute Gasteiger partial charge is 0.456 e. The van der Waals surface area contributed by atoms with Crippen LogP contribution in [-0.2, 0) is 0 Å². The summed E-state index contributed by atoms with van der Waals surface area (Å²) in [4.78, 5) is 8.76. The molecule has 0 radical (unpaired) electrons. The number of furan rings is 1. The van der Waals surface area contributed by atoms with E-state index in [4.69, 9.17) is 29.1 Å². The lowest BCUT2D eigenvalue weighted by atomic mass is 9.93. The zero-order chi connectivity index (χ0) is 47.1. The Hall–Kier alpha value is -6.06. The van der Waals surface area contributed by atoms with Gasteiger partial charge in [-0.1, -0.05) is 127 Å². The van der Waals surface area contributed by atoms with Crippen LogP contribution in [0.25, 0.3) is 88.4 Å². The highest BCUT2D eigenvalue weighted by atomic mass is 16.3. The van der Waals surface area contributed by atoms with Crippen LogP contribution in [0.1, 0.15) is 27.4 Å². The van der Waals surface area contributed by atoms with Crippen molar-refractivity contribution < 1.29 is 31.8 Å². The number of hydrogen-bond donors (Lipinski definition) is 0. The van der Waals surface area contributed by atoms with E-state index in [0.29, 0.717) is 10.8 Å². The Balaban J connectivity index is 1.25. The highest BCUT2D eigenvalue weighted by molar-refractivity contribution is 6.07. The monoisotopic (exact) mass is 594 g/mol. The molecule has 6 aromatic carbocycles. The van der Waals surface area contributed by atoms with Gasteiger partial charge in [0.2, 0.25) is 0 Å². The first kappa shape index (κ1) is 12.5. The third-order valence-corrected chi connectivity index (χ3v) is 7.28. The molecule has 0 aliphatic carbocycles. The Morgan fingerprint density at radius 3 is 2.04 bits per heavy atom. The van der Waals surface area contributed by atoms with Crippen LogP contribution >= 0.6 is 0 Å². The lowest BCUT2D eigenvalue weighted by molar-refractivity contribution is 0.598. The third kappa shape index (κ3) is 4.29. The van der Waals surface area contributed by atoms with Gasteiger partial charge in [-0.15, -0.1) is 0 Å². The van der Waals surface area contributed by atoms with E-state index in [1.54, 1.807) is 24.3 Å². The van der Waals surface area contributed by atoms with Crippen LogP contribution in [0.15, 0.2) is 162 Å². The normalized spacial score (nSPS) is 17.8. The van der Waals surface area contributed by atoms with E-state index in [9.17, 15) is 2.74 Å². The maximum absolute atomic E-state index is 9.20.